The number of hydrogen-bond donors (Lipinski definition) is 3. The molecule has 9 nitrogen and oxygen atoms in total. The fraction of sp³-hybridized carbons (Fsp3) is 0.343. The molecule has 47 heavy (non-hydrogen) atoms. The highest BCUT2D eigenvalue weighted by Crippen LogP contribution is 2.31. The van der Waals surface area contributed by atoms with Gasteiger partial charge in [-0.2, -0.15) is 5.10 Å². The molecule has 2 heterocycles. The number of hydrogen-bond acceptors (Lipinski definition) is 5. The molecule has 0 bridgehead atoms. The number of carbonyl (C=O) groups excluding carboxylic acids is 2. The number of rotatable bonds is 7. The van der Waals surface area contributed by atoms with Crippen LogP contribution in [-0.4, -0.2) is 46.1 Å². The second-order valence-electron chi connectivity index (χ2n) is 12.9. The highest BCUT2D eigenvalue weighted by Gasteiger charge is 2.33. The maximum absolute atomic E-state index is 13.1. The smallest absolute Gasteiger partial charge is 0.404 e. The average molecular weight is 649 g/mol. The van der Waals surface area contributed by atoms with Gasteiger partial charge < -0.3 is 20.7 Å². The van der Waals surface area contributed by atoms with Crippen molar-refractivity contribution in [3.63, 3.8) is 0 Å². The zero-order valence-corrected chi connectivity index (χ0v) is 26.8. The van der Waals surface area contributed by atoms with E-state index in [1.54, 1.807) is 9.58 Å². The minimum atomic E-state index is -4.91. The molecule has 1 fully saturated rings. The minimum absolute atomic E-state index is 0.0884. The predicted octanol–water partition coefficient (Wildman–Crippen LogP) is 7.70. The third-order valence-corrected chi connectivity index (χ3v) is 8.10. The van der Waals surface area contributed by atoms with Crippen LogP contribution < -0.4 is 21.1 Å². The summed E-state index contributed by atoms with van der Waals surface area (Å²) in [6.45, 7) is 9.15. The number of carbonyl (C=O) groups is 2. The lowest BCUT2D eigenvalue weighted by Crippen LogP contribution is -2.39. The largest absolute Gasteiger partial charge is 0.573 e. The Hall–Kier alpha value is -5.00. The maximum atomic E-state index is 13.1. The molecular weight excluding hydrogens is 609 g/mol. The number of anilines is 3. The Morgan fingerprint density at radius 2 is 1.66 bits per heavy atom. The molecular formula is C35H39F3N6O3. The number of aryl methyl sites for hydroxylation is 1. The van der Waals surface area contributed by atoms with Crippen molar-refractivity contribution < 1.29 is 27.5 Å². The first-order valence-electron chi connectivity index (χ1n) is 15.4. The van der Waals surface area contributed by atoms with Crippen LogP contribution in [0.3, 0.4) is 0 Å². The highest BCUT2D eigenvalue weighted by molar-refractivity contribution is 5.99. The van der Waals surface area contributed by atoms with Gasteiger partial charge in [0.15, 0.2) is 5.75 Å². The first kappa shape index (κ1) is 33.4. The summed E-state index contributed by atoms with van der Waals surface area (Å²) in [5.74, 6) is -0.117. The van der Waals surface area contributed by atoms with Crippen molar-refractivity contribution in [2.24, 2.45) is 5.92 Å². The Bertz CT molecular complexity index is 1740. The summed E-state index contributed by atoms with van der Waals surface area (Å²) in [7, 11) is 0. The quantitative estimate of drug-likeness (QED) is 0.178. The van der Waals surface area contributed by atoms with Crippen molar-refractivity contribution in [1.29, 1.82) is 0 Å². The molecule has 3 amide bonds. The molecule has 0 atom stereocenters. The standard InChI is InChI=1S/C35H39F3N6O3/c1-22-8-11-27(12-9-22)44-31(21-30(42-44)34(2,3)4)41-33(46)40-26-7-5-6-24(19-26)18-23-14-16-43(17-15-23)32(45)25-10-13-28(39)29(20-25)47-35(36,37)38/h5-13,19-21,23H,14-18,39H2,1-4H3,(H2,40,41,46). The number of nitrogens with one attached hydrogen (secondary N) is 2. The number of nitrogens with zero attached hydrogens (tertiary/aromatic N) is 3. The molecule has 0 saturated carbocycles. The van der Waals surface area contributed by atoms with E-state index in [-0.39, 0.29) is 22.6 Å². The molecule has 0 radical (unpaired) electrons. The first-order chi connectivity index (χ1) is 22.1. The van der Waals surface area contributed by atoms with Gasteiger partial charge in [0.1, 0.15) is 5.82 Å². The number of alkyl halides is 3. The fourth-order valence-electron chi connectivity index (χ4n) is 5.51. The molecule has 0 spiro atoms. The van der Waals surface area contributed by atoms with Gasteiger partial charge >= 0.3 is 12.4 Å². The van der Waals surface area contributed by atoms with Crippen LogP contribution in [0.25, 0.3) is 5.69 Å². The van der Waals surface area contributed by atoms with Gasteiger partial charge in [-0.3, -0.25) is 10.1 Å². The maximum Gasteiger partial charge on any atom is 0.573 e. The second kappa shape index (κ2) is 13.4. The van der Waals surface area contributed by atoms with Crippen LogP contribution in [0.5, 0.6) is 5.75 Å². The van der Waals surface area contributed by atoms with Crippen molar-refractivity contribution in [3.05, 3.63) is 95.2 Å². The molecule has 4 aromatic rings. The molecule has 5 rings (SSSR count). The van der Waals surface area contributed by atoms with Gasteiger partial charge in [-0.1, -0.05) is 50.6 Å². The molecule has 1 aromatic heterocycles. The third kappa shape index (κ3) is 8.63. The van der Waals surface area contributed by atoms with E-state index in [9.17, 15) is 22.8 Å². The molecule has 1 saturated heterocycles. The molecule has 1 aliphatic rings. The summed E-state index contributed by atoms with van der Waals surface area (Å²) in [5.41, 5.74) is 9.77. The number of benzene rings is 3. The zero-order chi connectivity index (χ0) is 33.9. The van der Waals surface area contributed by atoms with Crippen molar-refractivity contribution >= 4 is 29.1 Å². The summed E-state index contributed by atoms with van der Waals surface area (Å²) in [6.07, 6.45) is -2.71. The summed E-state index contributed by atoms with van der Waals surface area (Å²) in [6, 6.07) is 20.7. The van der Waals surface area contributed by atoms with Gasteiger partial charge in [-0.25, -0.2) is 9.48 Å². The van der Waals surface area contributed by atoms with Gasteiger partial charge in [-0.15, -0.1) is 13.2 Å². The predicted molar refractivity (Wildman–Crippen MR) is 176 cm³/mol. The Balaban J connectivity index is 1.18. The number of amides is 3. The van der Waals surface area contributed by atoms with E-state index < -0.39 is 18.1 Å². The van der Waals surface area contributed by atoms with Gasteiger partial charge in [0, 0.05) is 35.8 Å². The van der Waals surface area contributed by atoms with E-state index in [1.807, 2.05) is 61.5 Å². The number of ether oxygens (including phenoxy) is 1. The van der Waals surface area contributed by atoms with Gasteiger partial charge in [0.05, 0.1) is 17.1 Å². The van der Waals surface area contributed by atoms with E-state index in [0.29, 0.717) is 30.5 Å². The van der Waals surface area contributed by atoms with Crippen molar-refractivity contribution in [3.8, 4) is 11.4 Å². The molecule has 1 aliphatic heterocycles. The normalized spacial score (nSPS) is 14.1. The fourth-order valence-corrected chi connectivity index (χ4v) is 5.51. The number of nitrogens with two attached hydrogens (primary N) is 1. The molecule has 0 aliphatic carbocycles. The lowest BCUT2D eigenvalue weighted by molar-refractivity contribution is -0.274. The lowest BCUT2D eigenvalue weighted by Gasteiger charge is -2.32. The Kier molecular flexibility index (Phi) is 9.50. The lowest BCUT2D eigenvalue weighted by atomic mass is 9.90. The summed E-state index contributed by atoms with van der Waals surface area (Å²) in [5, 5.41) is 10.7. The first-order valence-corrected chi connectivity index (χ1v) is 15.4. The van der Waals surface area contributed by atoms with Crippen molar-refractivity contribution in [1.82, 2.24) is 14.7 Å². The highest BCUT2D eigenvalue weighted by atomic mass is 19.4. The van der Waals surface area contributed by atoms with Gasteiger partial charge in [0.25, 0.3) is 5.91 Å². The monoisotopic (exact) mass is 648 g/mol. The topological polar surface area (TPSA) is 115 Å². The molecule has 248 valence electrons. The van der Waals surface area contributed by atoms with Crippen LogP contribution in [0.15, 0.2) is 72.8 Å². The minimum Gasteiger partial charge on any atom is -0.404 e. The van der Waals surface area contributed by atoms with Crippen molar-refractivity contribution in [2.75, 3.05) is 29.5 Å². The Morgan fingerprint density at radius 1 is 0.957 bits per heavy atom. The van der Waals surface area contributed by atoms with Crippen molar-refractivity contribution in [2.45, 2.75) is 58.7 Å². The molecule has 0 unspecified atom stereocenters. The number of nitrogen functional groups attached to an aromatic ring is 1. The van der Waals surface area contributed by atoms with Crippen LogP contribution in [0.2, 0.25) is 0 Å². The van der Waals surface area contributed by atoms with E-state index >= 15 is 0 Å². The number of likely N-dealkylation sites (tertiary alicyclic amines) is 1. The number of urea groups is 1. The Morgan fingerprint density at radius 3 is 2.32 bits per heavy atom. The number of aromatic nitrogens is 2. The van der Waals surface area contributed by atoms with Crippen LogP contribution in [0, 0.1) is 12.8 Å². The van der Waals surface area contributed by atoms with Gasteiger partial charge in [-0.05, 0) is 80.1 Å². The van der Waals surface area contributed by atoms with Crippen LogP contribution in [0.4, 0.5) is 35.2 Å². The van der Waals surface area contributed by atoms with Crippen LogP contribution in [-0.2, 0) is 11.8 Å². The number of piperidine rings is 1. The second-order valence-corrected chi connectivity index (χ2v) is 12.9. The van der Waals surface area contributed by atoms with Gasteiger partial charge in [0.2, 0.25) is 0 Å². The van der Waals surface area contributed by atoms with Crippen LogP contribution in [0.1, 0.15) is 60.8 Å². The molecule has 4 N–H and O–H groups in total. The molecule has 12 heteroatoms. The van der Waals surface area contributed by atoms with E-state index in [1.165, 1.54) is 12.1 Å². The summed E-state index contributed by atoms with van der Waals surface area (Å²) in [4.78, 5) is 27.8. The van der Waals surface area contributed by atoms with E-state index in [4.69, 9.17) is 10.8 Å². The van der Waals surface area contributed by atoms with E-state index in [0.717, 1.165) is 47.8 Å². The third-order valence-electron chi connectivity index (χ3n) is 8.10. The summed E-state index contributed by atoms with van der Waals surface area (Å²) < 4.78 is 43.9. The number of halogens is 3. The Labute approximate surface area is 271 Å². The SMILES string of the molecule is Cc1ccc(-n2nc(C(C)(C)C)cc2NC(=O)Nc2cccc(CC3CCN(C(=O)c4ccc(N)c(OC(F)(F)F)c4)CC3)c2)cc1. The van der Waals surface area contributed by atoms with Crippen LogP contribution >= 0.6 is 0 Å². The average Bonchev–Trinajstić information content (AvgIpc) is 3.42. The van der Waals surface area contributed by atoms with E-state index in [2.05, 4.69) is 36.1 Å². The summed E-state index contributed by atoms with van der Waals surface area (Å²) >= 11 is 0. The molecule has 3 aromatic carbocycles. The zero-order valence-electron chi connectivity index (χ0n) is 26.8.